The van der Waals surface area contributed by atoms with Gasteiger partial charge in [-0.05, 0) is 24.8 Å². The van der Waals surface area contributed by atoms with Gasteiger partial charge < -0.3 is 4.90 Å². The predicted molar refractivity (Wildman–Crippen MR) is 78.8 cm³/mol. The second-order valence-corrected chi connectivity index (χ2v) is 5.56. The Bertz CT molecular complexity index is 429. The number of carbonyl (C=O) groups is 1. The van der Waals surface area contributed by atoms with E-state index in [0.717, 1.165) is 12.2 Å². The summed E-state index contributed by atoms with van der Waals surface area (Å²) >= 11 is 13.4. The van der Waals surface area contributed by atoms with E-state index in [4.69, 9.17) is 23.2 Å². The number of aromatic nitrogens is 1. The summed E-state index contributed by atoms with van der Waals surface area (Å²) in [5.41, 5.74) is 0.392. The summed E-state index contributed by atoms with van der Waals surface area (Å²) in [7, 11) is 1.79. The van der Waals surface area contributed by atoms with Gasteiger partial charge in [-0.25, -0.2) is 4.98 Å². The minimum atomic E-state index is -0.120. The minimum absolute atomic E-state index is 0.120. The van der Waals surface area contributed by atoms with Crippen molar-refractivity contribution in [1.29, 1.82) is 0 Å². The molecule has 0 radical (unpaired) electrons. The molecule has 100 valence electrons. The summed E-state index contributed by atoms with van der Waals surface area (Å²) in [6, 6.07) is 3.38. The lowest BCUT2D eigenvalue weighted by molar-refractivity contribution is 0.0743. The van der Waals surface area contributed by atoms with Crippen LogP contribution >= 0.6 is 35.0 Å². The molecule has 1 unspecified atom stereocenters. The van der Waals surface area contributed by atoms with Crippen LogP contribution in [0.5, 0.6) is 0 Å². The summed E-state index contributed by atoms with van der Waals surface area (Å²) in [4.78, 5) is 17.9. The first-order valence-electron chi connectivity index (χ1n) is 5.59. The molecule has 1 aromatic heterocycles. The van der Waals surface area contributed by atoms with Crippen LogP contribution in [0.1, 0.15) is 23.7 Å². The second kappa shape index (κ2) is 7.22. The lowest BCUT2D eigenvalue weighted by atomic mass is 10.2. The first-order valence-corrected chi connectivity index (χ1v) is 7.74. The number of rotatable bonds is 5. The Hall–Kier alpha value is -0.450. The SMILES string of the molecule is CCC(CSC)N(C)C(=O)c1ccc(Cl)nc1Cl. The number of carbonyl (C=O) groups excluding carboxylic acids is 1. The van der Waals surface area contributed by atoms with E-state index in [-0.39, 0.29) is 22.3 Å². The average Bonchev–Trinajstić information content (AvgIpc) is 2.34. The van der Waals surface area contributed by atoms with Gasteiger partial charge in [-0.1, -0.05) is 30.1 Å². The molecule has 1 aromatic rings. The van der Waals surface area contributed by atoms with Crippen LogP contribution in [0.3, 0.4) is 0 Å². The van der Waals surface area contributed by atoms with Crippen LogP contribution in [0.15, 0.2) is 12.1 Å². The van der Waals surface area contributed by atoms with E-state index in [1.165, 1.54) is 0 Å². The van der Waals surface area contributed by atoms with Gasteiger partial charge in [-0.2, -0.15) is 11.8 Å². The molecule has 0 fully saturated rings. The molecule has 0 bridgehead atoms. The van der Waals surface area contributed by atoms with Crippen LogP contribution in [0.25, 0.3) is 0 Å². The number of hydrogen-bond acceptors (Lipinski definition) is 3. The average molecular weight is 307 g/mol. The number of pyridine rings is 1. The van der Waals surface area contributed by atoms with E-state index in [0.29, 0.717) is 5.56 Å². The van der Waals surface area contributed by atoms with Gasteiger partial charge in [0.25, 0.3) is 5.91 Å². The molecule has 0 N–H and O–H groups in total. The molecule has 6 heteroatoms. The fourth-order valence-electron chi connectivity index (χ4n) is 1.62. The summed E-state index contributed by atoms with van der Waals surface area (Å²) in [6.07, 6.45) is 2.93. The number of nitrogens with zero attached hydrogens (tertiary/aromatic N) is 2. The molecule has 0 aliphatic heterocycles. The van der Waals surface area contributed by atoms with E-state index in [2.05, 4.69) is 11.9 Å². The third-order valence-electron chi connectivity index (χ3n) is 2.74. The normalized spacial score (nSPS) is 12.3. The van der Waals surface area contributed by atoms with Crippen molar-refractivity contribution >= 4 is 40.9 Å². The van der Waals surface area contributed by atoms with Crippen LogP contribution in [0.2, 0.25) is 10.3 Å². The smallest absolute Gasteiger partial charge is 0.257 e. The van der Waals surface area contributed by atoms with Crippen LogP contribution in [0, 0.1) is 0 Å². The van der Waals surface area contributed by atoms with Gasteiger partial charge in [0.2, 0.25) is 0 Å². The Labute approximate surface area is 122 Å². The number of amides is 1. The van der Waals surface area contributed by atoms with Gasteiger partial charge in [-0.3, -0.25) is 4.79 Å². The van der Waals surface area contributed by atoms with Crippen LogP contribution in [0.4, 0.5) is 0 Å². The molecule has 1 rings (SSSR count). The zero-order chi connectivity index (χ0) is 13.7. The van der Waals surface area contributed by atoms with Crippen molar-refractivity contribution in [3.8, 4) is 0 Å². The van der Waals surface area contributed by atoms with E-state index in [1.54, 1.807) is 35.8 Å². The number of halogens is 2. The molecular weight excluding hydrogens is 291 g/mol. The van der Waals surface area contributed by atoms with Gasteiger partial charge in [0, 0.05) is 18.8 Å². The molecule has 0 spiro atoms. The zero-order valence-corrected chi connectivity index (χ0v) is 12.9. The molecule has 0 saturated heterocycles. The van der Waals surface area contributed by atoms with Gasteiger partial charge >= 0.3 is 0 Å². The van der Waals surface area contributed by atoms with Crippen molar-refractivity contribution in [2.45, 2.75) is 19.4 Å². The molecule has 0 aromatic carbocycles. The third kappa shape index (κ3) is 3.77. The molecule has 1 atom stereocenters. The number of thioether (sulfide) groups is 1. The quantitative estimate of drug-likeness (QED) is 0.779. The zero-order valence-electron chi connectivity index (χ0n) is 10.6. The molecule has 3 nitrogen and oxygen atoms in total. The highest BCUT2D eigenvalue weighted by molar-refractivity contribution is 7.98. The molecule has 0 aliphatic carbocycles. The molecule has 18 heavy (non-hydrogen) atoms. The predicted octanol–water partition coefficient (Wildman–Crippen LogP) is 3.60. The first kappa shape index (κ1) is 15.6. The Morgan fingerprint density at radius 2 is 2.17 bits per heavy atom. The van der Waals surface area contributed by atoms with Crippen molar-refractivity contribution in [2.75, 3.05) is 19.1 Å². The van der Waals surface area contributed by atoms with Gasteiger partial charge in [0.05, 0.1) is 5.56 Å². The van der Waals surface area contributed by atoms with Crippen LogP contribution in [-0.4, -0.2) is 40.9 Å². The van der Waals surface area contributed by atoms with Crippen molar-refractivity contribution in [1.82, 2.24) is 9.88 Å². The highest BCUT2D eigenvalue weighted by Crippen LogP contribution is 2.20. The molecular formula is C12H16Cl2N2OS. The van der Waals surface area contributed by atoms with Crippen molar-refractivity contribution in [2.24, 2.45) is 0 Å². The van der Waals surface area contributed by atoms with Gasteiger partial charge in [0.15, 0.2) is 0 Å². The maximum absolute atomic E-state index is 12.3. The fourth-order valence-corrected chi connectivity index (χ4v) is 2.89. The summed E-state index contributed by atoms with van der Waals surface area (Å²) in [5, 5.41) is 0.439. The van der Waals surface area contributed by atoms with E-state index in [1.807, 2.05) is 6.26 Å². The number of hydrogen-bond donors (Lipinski definition) is 0. The largest absolute Gasteiger partial charge is 0.338 e. The Kier molecular flexibility index (Phi) is 6.26. The van der Waals surface area contributed by atoms with Crippen LogP contribution in [-0.2, 0) is 0 Å². The lowest BCUT2D eigenvalue weighted by Crippen LogP contribution is -2.38. The summed E-state index contributed by atoms with van der Waals surface area (Å²) < 4.78 is 0. The van der Waals surface area contributed by atoms with Crippen LogP contribution < -0.4 is 0 Å². The molecule has 1 heterocycles. The minimum Gasteiger partial charge on any atom is -0.338 e. The topological polar surface area (TPSA) is 33.2 Å². The lowest BCUT2D eigenvalue weighted by Gasteiger charge is -2.27. The maximum atomic E-state index is 12.3. The second-order valence-electron chi connectivity index (χ2n) is 3.91. The van der Waals surface area contributed by atoms with Gasteiger partial charge in [-0.15, -0.1) is 0 Å². The molecule has 1 amide bonds. The monoisotopic (exact) mass is 306 g/mol. The molecule has 0 aliphatic rings. The fraction of sp³-hybridized carbons (Fsp3) is 0.500. The Balaban J connectivity index is 2.91. The molecule has 0 saturated carbocycles. The summed E-state index contributed by atoms with van der Waals surface area (Å²) in [5.74, 6) is 0.780. The highest BCUT2D eigenvalue weighted by atomic mass is 35.5. The van der Waals surface area contributed by atoms with E-state index >= 15 is 0 Å². The Morgan fingerprint density at radius 3 is 2.67 bits per heavy atom. The highest BCUT2D eigenvalue weighted by Gasteiger charge is 2.21. The van der Waals surface area contributed by atoms with E-state index in [9.17, 15) is 4.79 Å². The third-order valence-corrected chi connectivity index (χ3v) is 3.96. The summed E-state index contributed by atoms with van der Waals surface area (Å²) in [6.45, 7) is 2.06. The Morgan fingerprint density at radius 1 is 1.50 bits per heavy atom. The maximum Gasteiger partial charge on any atom is 0.257 e. The standard InChI is InChI=1S/C12H16Cl2N2OS/c1-4-8(7-18-3)16(2)12(17)9-5-6-10(13)15-11(9)14/h5-6,8H,4,7H2,1-3H3. The van der Waals surface area contributed by atoms with E-state index < -0.39 is 0 Å². The van der Waals surface area contributed by atoms with Crippen molar-refractivity contribution < 1.29 is 4.79 Å². The van der Waals surface area contributed by atoms with Crippen molar-refractivity contribution in [3.63, 3.8) is 0 Å². The first-order chi connectivity index (χ1) is 8.51. The van der Waals surface area contributed by atoms with Crippen molar-refractivity contribution in [3.05, 3.63) is 28.0 Å². The van der Waals surface area contributed by atoms with Gasteiger partial charge in [0.1, 0.15) is 10.3 Å².